The van der Waals surface area contributed by atoms with E-state index in [1.54, 1.807) is 0 Å². The number of rotatable bonds is 3. The number of nitrogens with one attached hydrogen (secondary N) is 1. The molecule has 0 aromatic heterocycles. The third-order valence-electron chi connectivity index (χ3n) is 2.23. The molecule has 1 aromatic rings. The van der Waals surface area contributed by atoms with Crippen molar-refractivity contribution in [3.8, 4) is 11.8 Å². The molecule has 1 unspecified atom stereocenters. The second-order valence-electron chi connectivity index (χ2n) is 3.48. The fraction of sp³-hybridized carbons (Fsp3) is 0.273. The van der Waals surface area contributed by atoms with Gasteiger partial charge in [0.2, 0.25) is 0 Å². The zero-order valence-corrected chi connectivity index (χ0v) is 8.77. The first kappa shape index (κ1) is 11.2. The minimum Gasteiger partial charge on any atom is -0.487 e. The number of benzene rings is 1. The van der Waals surface area contributed by atoms with E-state index < -0.39 is 18.0 Å². The first-order valence-corrected chi connectivity index (χ1v) is 4.96. The van der Waals surface area contributed by atoms with Gasteiger partial charge in [0, 0.05) is 0 Å². The Balaban J connectivity index is 1.95. The van der Waals surface area contributed by atoms with Gasteiger partial charge in [-0.15, -0.1) is 0 Å². The van der Waals surface area contributed by atoms with Crippen LogP contribution in [0, 0.1) is 17.1 Å². The molecule has 0 bridgehead atoms. The fourth-order valence-corrected chi connectivity index (χ4v) is 1.39. The number of halogens is 1. The maximum absolute atomic E-state index is 13.4. The first-order valence-electron chi connectivity index (χ1n) is 4.96. The summed E-state index contributed by atoms with van der Waals surface area (Å²) in [5.74, 6) is -0.576. The molecule has 6 heteroatoms. The summed E-state index contributed by atoms with van der Waals surface area (Å²) in [6.07, 6.45) is -0.920. The topological polar surface area (TPSA) is 71.3 Å². The largest absolute Gasteiger partial charge is 0.487 e. The third kappa shape index (κ3) is 2.64. The summed E-state index contributed by atoms with van der Waals surface area (Å²) >= 11 is 0. The highest BCUT2D eigenvalue weighted by Crippen LogP contribution is 2.18. The molecule has 0 aliphatic carbocycles. The molecular weight excluding hydrogens is 227 g/mol. The normalized spacial score (nSPS) is 18.1. The number of carbonyl (C=O) groups excluding carboxylic acids is 1. The van der Waals surface area contributed by atoms with Gasteiger partial charge in [-0.05, 0) is 18.2 Å². The lowest BCUT2D eigenvalue weighted by Gasteiger charge is -2.10. The van der Waals surface area contributed by atoms with E-state index in [-0.39, 0.29) is 17.9 Å². The Morgan fingerprint density at radius 1 is 1.65 bits per heavy atom. The van der Waals surface area contributed by atoms with Crippen molar-refractivity contribution in [3.05, 3.63) is 29.6 Å². The number of hydrogen-bond donors (Lipinski definition) is 1. The summed E-state index contributed by atoms with van der Waals surface area (Å²) in [7, 11) is 0. The molecule has 1 fully saturated rings. The van der Waals surface area contributed by atoms with Crippen LogP contribution in [0.5, 0.6) is 5.75 Å². The highest BCUT2D eigenvalue weighted by molar-refractivity contribution is 5.69. The Kier molecular flexibility index (Phi) is 3.10. The maximum atomic E-state index is 13.4. The minimum atomic E-state index is -0.610. The van der Waals surface area contributed by atoms with Crippen molar-refractivity contribution in [1.29, 1.82) is 5.26 Å². The number of carbonyl (C=O) groups is 1. The van der Waals surface area contributed by atoms with Gasteiger partial charge < -0.3 is 14.8 Å². The molecule has 5 nitrogen and oxygen atoms in total. The van der Waals surface area contributed by atoms with E-state index in [2.05, 4.69) is 5.32 Å². The molecule has 1 N–H and O–H groups in total. The lowest BCUT2D eigenvalue weighted by Crippen LogP contribution is -2.22. The molecule has 1 saturated heterocycles. The minimum absolute atomic E-state index is 0.0342. The highest BCUT2D eigenvalue weighted by Gasteiger charge is 2.23. The van der Waals surface area contributed by atoms with Crippen LogP contribution in [0.4, 0.5) is 9.18 Å². The van der Waals surface area contributed by atoms with Crippen molar-refractivity contribution in [2.45, 2.75) is 6.10 Å². The number of nitrogens with zero attached hydrogens (tertiary/aromatic N) is 1. The second kappa shape index (κ2) is 4.70. The Bertz CT molecular complexity index is 484. The molecule has 1 atom stereocenters. The molecule has 1 aliphatic rings. The highest BCUT2D eigenvalue weighted by atomic mass is 19.1. The monoisotopic (exact) mass is 236 g/mol. The van der Waals surface area contributed by atoms with E-state index in [9.17, 15) is 9.18 Å². The lowest BCUT2D eigenvalue weighted by molar-refractivity contribution is 0.103. The molecule has 0 radical (unpaired) electrons. The Morgan fingerprint density at radius 2 is 2.47 bits per heavy atom. The van der Waals surface area contributed by atoms with Gasteiger partial charge in [0.15, 0.2) is 17.7 Å². The van der Waals surface area contributed by atoms with Crippen LogP contribution < -0.4 is 10.1 Å². The van der Waals surface area contributed by atoms with E-state index in [0.29, 0.717) is 6.54 Å². The van der Waals surface area contributed by atoms with Gasteiger partial charge in [-0.25, -0.2) is 9.18 Å². The van der Waals surface area contributed by atoms with Gasteiger partial charge in [-0.3, -0.25) is 0 Å². The molecular formula is C11H9FN2O3. The van der Waals surface area contributed by atoms with Crippen LogP contribution in [0.2, 0.25) is 0 Å². The fourth-order valence-electron chi connectivity index (χ4n) is 1.39. The van der Waals surface area contributed by atoms with E-state index in [4.69, 9.17) is 14.7 Å². The van der Waals surface area contributed by atoms with Crippen LogP contribution in [-0.4, -0.2) is 25.3 Å². The first-order chi connectivity index (χ1) is 8.19. The average molecular weight is 236 g/mol. The maximum Gasteiger partial charge on any atom is 0.407 e. The molecule has 2 rings (SSSR count). The summed E-state index contributed by atoms with van der Waals surface area (Å²) in [5, 5.41) is 11.0. The second-order valence-corrected chi connectivity index (χ2v) is 3.48. The van der Waals surface area contributed by atoms with Gasteiger partial charge in [-0.2, -0.15) is 5.26 Å². The number of hydrogen-bond acceptors (Lipinski definition) is 4. The van der Waals surface area contributed by atoms with Gasteiger partial charge in [0.1, 0.15) is 6.61 Å². The summed E-state index contributed by atoms with van der Waals surface area (Å²) < 4.78 is 23.4. The molecule has 1 aromatic carbocycles. The molecule has 17 heavy (non-hydrogen) atoms. The van der Waals surface area contributed by atoms with Crippen LogP contribution in [0.1, 0.15) is 5.56 Å². The average Bonchev–Trinajstić information content (AvgIpc) is 2.73. The molecule has 1 heterocycles. The van der Waals surface area contributed by atoms with Gasteiger partial charge >= 0.3 is 6.09 Å². The molecule has 0 saturated carbocycles. The van der Waals surface area contributed by atoms with E-state index in [0.717, 1.165) is 6.07 Å². The van der Waals surface area contributed by atoms with Crippen LogP contribution in [0.25, 0.3) is 0 Å². The smallest absolute Gasteiger partial charge is 0.407 e. The van der Waals surface area contributed by atoms with Gasteiger partial charge in [-0.1, -0.05) is 0 Å². The van der Waals surface area contributed by atoms with Gasteiger partial charge in [0.25, 0.3) is 0 Å². The van der Waals surface area contributed by atoms with Gasteiger partial charge in [0.05, 0.1) is 18.2 Å². The number of alkyl carbamates (subject to hydrolysis) is 1. The third-order valence-corrected chi connectivity index (χ3v) is 2.23. The zero-order chi connectivity index (χ0) is 12.3. The van der Waals surface area contributed by atoms with E-state index >= 15 is 0 Å². The molecule has 0 spiro atoms. The number of cyclic esters (lactones) is 1. The summed E-state index contributed by atoms with van der Waals surface area (Å²) in [6, 6.07) is 5.74. The van der Waals surface area contributed by atoms with Crippen molar-refractivity contribution >= 4 is 6.09 Å². The molecule has 88 valence electrons. The Morgan fingerprint density at radius 3 is 3.06 bits per heavy atom. The van der Waals surface area contributed by atoms with Crippen molar-refractivity contribution in [2.24, 2.45) is 0 Å². The number of ether oxygens (including phenoxy) is 2. The molecule has 1 aliphatic heterocycles. The molecule has 1 amide bonds. The summed E-state index contributed by atoms with van der Waals surface area (Å²) in [5.41, 5.74) is 0.226. The van der Waals surface area contributed by atoms with Crippen LogP contribution in [-0.2, 0) is 4.74 Å². The van der Waals surface area contributed by atoms with Crippen molar-refractivity contribution < 1.29 is 18.7 Å². The van der Waals surface area contributed by atoms with E-state index in [1.807, 2.05) is 6.07 Å². The number of amides is 1. The van der Waals surface area contributed by atoms with Crippen molar-refractivity contribution in [1.82, 2.24) is 5.32 Å². The van der Waals surface area contributed by atoms with Crippen LogP contribution >= 0.6 is 0 Å². The van der Waals surface area contributed by atoms with Crippen molar-refractivity contribution in [2.75, 3.05) is 13.2 Å². The quantitative estimate of drug-likeness (QED) is 0.855. The Hall–Kier alpha value is -2.29. The van der Waals surface area contributed by atoms with Crippen LogP contribution in [0.3, 0.4) is 0 Å². The SMILES string of the molecule is N#Cc1ccc(OCC2CNC(=O)O2)c(F)c1. The van der Waals surface area contributed by atoms with Crippen molar-refractivity contribution in [3.63, 3.8) is 0 Å². The predicted molar refractivity (Wildman–Crippen MR) is 54.9 cm³/mol. The summed E-state index contributed by atoms with van der Waals surface area (Å²) in [4.78, 5) is 10.7. The predicted octanol–water partition coefficient (Wildman–Crippen LogP) is 1.18. The zero-order valence-electron chi connectivity index (χ0n) is 8.77. The lowest BCUT2D eigenvalue weighted by atomic mass is 10.2. The Labute approximate surface area is 96.7 Å². The van der Waals surface area contributed by atoms with E-state index in [1.165, 1.54) is 12.1 Å². The van der Waals surface area contributed by atoms with Crippen LogP contribution in [0.15, 0.2) is 18.2 Å². The summed E-state index contributed by atoms with van der Waals surface area (Å²) in [6.45, 7) is 0.415. The standard InChI is InChI=1S/C11H9FN2O3/c12-9-3-7(4-13)1-2-10(9)16-6-8-5-14-11(15)17-8/h1-3,8H,5-6H2,(H,14,15). The number of nitriles is 1.